The number of halogens is 2. The summed E-state index contributed by atoms with van der Waals surface area (Å²) in [6.45, 7) is 5.66. The number of amides is 2. The maximum Gasteiger partial charge on any atom is 0.282 e. The van der Waals surface area contributed by atoms with Crippen LogP contribution in [0.4, 0.5) is 10.1 Å². The Kier molecular flexibility index (Phi) is 6.53. The average Bonchev–Trinajstić information content (AvgIpc) is 2.57. The van der Waals surface area contributed by atoms with E-state index in [1.165, 1.54) is 28.0 Å². The summed E-state index contributed by atoms with van der Waals surface area (Å²) in [5.74, 6) is -0.551. The van der Waals surface area contributed by atoms with Crippen LogP contribution in [0.2, 0.25) is 5.02 Å². The predicted molar refractivity (Wildman–Crippen MR) is 89.8 cm³/mol. The van der Waals surface area contributed by atoms with E-state index < -0.39 is 5.82 Å². The molecule has 132 valence electrons. The van der Waals surface area contributed by atoms with Gasteiger partial charge in [-0.15, -0.1) is 0 Å². The first-order valence-corrected chi connectivity index (χ1v) is 8.43. The molecule has 1 atom stereocenters. The minimum absolute atomic E-state index is 0.0326. The molecule has 4 N–H and O–H groups in total. The Labute approximate surface area is 145 Å². The molecule has 2 amide bonds. The first-order chi connectivity index (χ1) is 11.4. The fourth-order valence-electron chi connectivity index (χ4n) is 2.87. The fraction of sp³-hybridized carbons (Fsp3) is 0.500. The zero-order valence-electron chi connectivity index (χ0n) is 13.9. The van der Waals surface area contributed by atoms with Gasteiger partial charge in [-0.2, -0.15) is 0 Å². The van der Waals surface area contributed by atoms with Gasteiger partial charge in [0.25, 0.3) is 11.8 Å². The van der Waals surface area contributed by atoms with E-state index in [1.807, 2.05) is 6.92 Å². The molecule has 1 aliphatic rings. The molecule has 2 rings (SSSR count). The third kappa shape index (κ3) is 4.90. The fourth-order valence-corrected chi connectivity index (χ4v) is 3.08. The van der Waals surface area contributed by atoms with Crippen molar-refractivity contribution >= 4 is 29.1 Å². The minimum atomic E-state index is -0.438. The number of likely N-dealkylation sites (N-methyl/N-ethyl adjacent to an activating group) is 1. The van der Waals surface area contributed by atoms with E-state index in [9.17, 15) is 14.0 Å². The number of quaternary nitrogens is 2. The van der Waals surface area contributed by atoms with Gasteiger partial charge >= 0.3 is 0 Å². The number of rotatable bonds is 5. The van der Waals surface area contributed by atoms with E-state index in [-0.39, 0.29) is 22.9 Å². The van der Waals surface area contributed by atoms with Gasteiger partial charge in [-0.25, -0.2) is 4.39 Å². The van der Waals surface area contributed by atoms with Gasteiger partial charge in [0.05, 0.1) is 10.7 Å². The molecule has 0 spiro atoms. The van der Waals surface area contributed by atoms with Crippen molar-refractivity contribution in [3.8, 4) is 0 Å². The van der Waals surface area contributed by atoms with Gasteiger partial charge in [-0.3, -0.25) is 9.59 Å². The summed E-state index contributed by atoms with van der Waals surface area (Å²) in [5.41, 5.74) is 0.415. The third-order valence-electron chi connectivity index (χ3n) is 4.48. The maximum atomic E-state index is 13.1. The molecule has 1 saturated heterocycles. The Morgan fingerprint density at radius 2 is 1.96 bits per heavy atom. The highest BCUT2D eigenvalue weighted by Crippen LogP contribution is 2.22. The quantitative estimate of drug-likeness (QED) is 0.509. The Hall–Kier alpha value is -1.70. The molecule has 1 fully saturated rings. The summed E-state index contributed by atoms with van der Waals surface area (Å²) in [4.78, 5) is 26.2. The van der Waals surface area contributed by atoms with E-state index in [2.05, 4.69) is 10.6 Å². The second-order valence-electron chi connectivity index (χ2n) is 6.09. The highest BCUT2D eigenvalue weighted by Gasteiger charge is 2.31. The molecule has 1 aromatic rings. The summed E-state index contributed by atoms with van der Waals surface area (Å²) in [7, 11) is 1.64. The van der Waals surface area contributed by atoms with Crippen LogP contribution in [-0.4, -0.2) is 57.6 Å². The Balaban J connectivity index is 1.87. The number of benzene rings is 1. The van der Waals surface area contributed by atoms with Crippen molar-refractivity contribution in [2.75, 3.05) is 45.1 Å². The smallest absolute Gasteiger partial charge is 0.282 e. The number of carbonyl (C=O) groups is 2. The molecule has 0 radical (unpaired) electrons. The van der Waals surface area contributed by atoms with E-state index >= 15 is 0 Å². The van der Waals surface area contributed by atoms with Gasteiger partial charge < -0.3 is 20.4 Å². The lowest BCUT2D eigenvalue weighted by Crippen LogP contribution is -3.30. The normalized spacial score (nSPS) is 21.8. The average molecular weight is 359 g/mol. The Bertz CT molecular complexity index is 606. The number of carbonyl (C=O) groups excluding carboxylic acids is 2. The topological polar surface area (TPSA) is 67.1 Å². The lowest BCUT2D eigenvalue weighted by molar-refractivity contribution is -1.01. The summed E-state index contributed by atoms with van der Waals surface area (Å²) >= 11 is 5.94. The molecule has 1 aliphatic heterocycles. The Morgan fingerprint density at radius 3 is 2.54 bits per heavy atom. The number of anilines is 1. The van der Waals surface area contributed by atoms with Gasteiger partial charge in [0, 0.05) is 7.05 Å². The first kappa shape index (κ1) is 18.6. The summed E-state index contributed by atoms with van der Waals surface area (Å²) in [6.07, 6.45) is 0. The van der Waals surface area contributed by atoms with Gasteiger partial charge in [0.2, 0.25) is 0 Å². The van der Waals surface area contributed by atoms with Crippen molar-refractivity contribution in [1.82, 2.24) is 5.32 Å². The van der Waals surface area contributed by atoms with Crippen LogP contribution < -0.4 is 20.4 Å². The third-order valence-corrected chi connectivity index (χ3v) is 4.80. The van der Waals surface area contributed by atoms with Crippen LogP contribution in [0.5, 0.6) is 0 Å². The number of hydrogen-bond acceptors (Lipinski definition) is 2. The molecule has 0 aromatic heterocycles. The Morgan fingerprint density at radius 1 is 1.29 bits per heavy atom. The van der Waals surface area contributed by atoms with Gasteiger partial charge in [0.1, 0.15) is 32.0 Å². The van der Waals surface area contributed by atoms with Crippen LogP contribution in [0, 0.1) is 5.82 Å². The zero-order valence-corrected chi connectivity index (χ0v) is 14.7. The van der Waals surface area contributed by atoms with E-state index in [0.29, 0.717) is 12.2 Å². The molecule has 0 saturated carbocycles. The SMILES string of the molecule is CNC(=O)C[NH+]1CC[NH+]([C@H](C)C(=O)Nc2ccc(F)cc2Cl)CC1. The lowest BCUT2D eigenvalue weighted by atomic mass is 10.2. The van der Waals surface area contributed by atoms with Crippen LogP contribution in [0.25, 0.3) is 0 Å². The standard InChI is InChI=1S/C16H22ClFN4O2/c1-11(16(24)20-14-4-3-12(18)9-13(14)17)22-7-5-21(6-8-22)10-15(23)19-2/h3-4,9,11H,5-8,10H2,1-2H3,(H,19,23)(H,20,24)/p+2/t11-/m1/s1. The van der Waals surface area contributed by atoms with E-state index in [4.69, 9.17) is 11.6 Å². The van der Waals surface area contributed by atoms with Crippen molar-refractivity contribution in [2.24, 2.45) is 0 Å². The van der Waals surface area contributed by atoms with Crippen LogP contribution >= 0.6 is 11.6 Å². The minimum Gasteiger partial charge on any atom is -0.354 e. The summed E-state index contributed by atoms with van der Waals surface area (Å²) in [5, 5.41) is 5.57. The van der Waals surface area contributed by atoms with E-state index in [1.54, 1.807) is 7.05 Å². The van der Waals surface area contributed by atoms with E-state index in [0.717, 1.165) is 26.2 Å². The maximum absolute atomic E-state index is 13.1. The largest absolute Gasteiger partial charge is 0.354 e. The summed E-state index contributed by atoms with van der Waals surface area (Å²) < 4.78 is 13.1. The second-order valence-corrected chi connectivity index (χ2v) is 6.50. The second kappa shape index (κ2) is 8.41. The molecule has 1 aromatic carbocycles. The molecule has 24 heavy (non-hydrogen) atoms. The molecule has 6 nitrogen and oxygen atoms in total. The van der Waals surface area contributed by atoms with Crippen LogP contribution in [0.15, 0.2) is 18.2 Å². The zero-order chi connectivity index (χ0) is 17.7. The van der Waals surface area contributed by atoms with Gasteiger partial charge in [-0.05, 0) is 25.1 Å². The molecule has 1 heterocycles. The van der Waals surface area contributed by atoms with Gasteiger partial charge in [0.15, 0.2) is 12.6 Å². The van der Waals surface area contributed by atoms with Crippen molar-refractivity contribution < 1.29 is 23.8 Å². The van der Waals surface area contributed by atoms with Crippen LogP contribution in [0.3, 0.4) is 0 Å². The van der Waals surface area contributed by atoms with Crippen molar-refractivity contribution in [1.29, 1.82) is 0 Å². The lowest BCUT2D eigenvalue weighted by Gasteiger charge is -2.32. The van der Waals surface area contributed by atoms with Crippen molar-refractivity contribution in [2.45, 2.75) is 13.0 Å². The van der Waals surface area contributed by atoms with Crippen molar-refractivity contribution in [3.05, 3.63) is 29.0 Å². The highest BCUT2D eigenvalue weighted by atomic mass is 35.5. The predicted octanol–water partition coefficient (Wildman–Crippen LogP) is -1.66. The van der Waals surface area contributed by atoms with Crippen molar-refractivity contribution in [3.63, 3.8) is 0 Å². The van der Waals surface area contributed by atoms with Crippen LogP contribution in [-0.2, 0) is 9.59 Å². The molecular weight excluding hydrogens is 335 g/mol. The molecule has 0 aliphatic carbocycles. The molecular formula is C16H24ClFN4O2+2. The number of hydrogen-bond donors (Lipinski definition) is 4. The highest BCUT2D eigenvalue weighted by molar-refractivity contribution is 6.33. The first-order valence-electron chi connectivity index (χ1n) is 8.05. The number of nitrogens with one attached hydrogen (secondary N) is 4. The van der Waals surface area contributed by atoms with Crippen LogP contribution in [0.1, 0.15) is 6.92 Å². The summed E-state index contributed by atoms with van der Waals surface area (Å²) in [6, 6.07) is 3.66. The van der Waals surface area contributed by atoms with Gasteiger partial charge in [-0.1, -0.05) is 11.6 Å². The molecule has 8 heteroatoms. The monoisotopic (exact) mass is 358 g/mol. The molecule has 0 unspecified atom stereocenters. The number of piperazine rings is 1. The molecule has 0 bridgehead atoms.